The third-order valence-electron chi connectivity index (χ3n) is 2.89. The normalized spacial score (nSPS) is 18.0. The molecule has 0 aromatic heterocycles. The Morgan fingerprint density at radius 1 is 0.692 bits per heavy atom. The minimum Gasteiger partial charge on any atom is -0.378 e. The number of ether oxygens (including phenoxy) is 2. The molecule has 11 heteroatoms. The van der Waals surface area contributed by atoms with Crippen LogP contribution in [-0.2, 0) is 9.47 Å². The molecular weight excluding hydrogens is 483 g/mol. The van der Waals surface area contributed by atoms with E-state index in [0.717, 1.165) is 12.4 Å². The number of nitrogens with two attached hydrogens (primary N) is 1. The van der Waals surface area contributed by atoms with E-state index in [0.29, 0.717) is 26.4 Å². The lowest BCUT2D eigenvalue weighted by Crippen LogP contribution is -2.12. The van der Waals surface area contributed by atoms with E-state index >= 15 is 0 Å². The Labute approximate surface area is 190 Å². The quantitative estimate of drug-likeness (QED) is 0.311. The van der Waals surface area contributed by atoms with Gasteiger partial charge in [-0.2, -0.15) is 0 Å². The van der Waals surface area contributed by atoms with Crippen LogP contribution in [0.15, 0.2) is 25.4 Å². The first-order valence-electron chi connectivity index (χ1n) is 7.78. The molecule has 2 rings (SSSR count). The van der Waals surface area contributed by atoms with Gasteiger partial charge in [-0.1, -0.05) is 47.0 Å². The second kappa shape index (κ2) is 14.0. The van der Waals surface area contributed by atoms with Crippen LogP contribution in [-0.4, -0.2) is 57.5 Å². The summed E-state index contributed by atoms with van der Waals surface area (Å²) in [5, 5.41) is 0. The summed E-state index contributed by atoms with van der Waals surface area (Å²) in [6.45, 7) is 3.18. The molecule has 2 heterocycles. The summed E-state index contributed by atoms with van der Waals surface area (Å²) in [5.74, 6) is 0.969. The lowest BCUT2D eigenvalue weighted by molar-refractivity contribution is 0.0571. The van der Waals surface area contributed by atoms with Gasteiger partial charge in [-0.3, -0.25) is 0 Å². The van der Waals surface area contributed by atoms with Crippen LogP contribution < -0.4 is 5.73 Å². The molecule has 2 aliphatic heterocycles. The Kier molecular flexibility index (Phi) is 13.0. The maximum atomic E-state index is 5.63. The summed E-state index contributed by atoms with van der Waals surface area (Å²) in [5.41, 5.74) is 5.38. The minimum atomic E-state index is 0.567. The highest BCUT2D eigenvalue weighted by Crippen LogP contribution is 2.65. The second-order valence-electron chi connectivity index (χ2n) is 4.61. The average molecular weight is 506 g/mol. The molecule has 0 aromatic carbocycles. The number of hydrogen-bond donors (Lipinski definition) is 1. The van der Waals surface area contributed by atoms with Gasteiger partial charge in [0.25, 0.3) is 0 Å². The minimum absolute atomic E-state index is 0.567. The molecular formula is C15H23NO2S8. The predicted molar refractivity (Wildman–Crippen MR) is 135 cm³/mol. The lowest BCUT2D eigenvalue weighted by Gasteiger charge is -2.06. The topological polar surface area (TPSA) is 44.5 Å². The van der Waals surface area contributed by atoms with Gasteiger partial charge in [0.2, 0.25) is 0 Å². The maximum Gasteiger partial charge on any atom is 0.0717 e. The molecule has 148 valence electrons. The van der Waals surface area contributed by atoms with Crippen LogP contribution in [0.25, 0.3) is 0 Å². The molecule has 0 aliphatic carbocycles. The van der Waals surface area contributed by atoms with Gasteiger partial charge in [0.15, 0.2) is 0 Å². The third-order valence-corrected chi connectivity index (χ3v) is 14.0. The first-order valence-corrected chi connectivity index (χ1v) is 15.7. The highest BCUT2D eigenvalue weighted by atomic mass is 32.3. The Balaban J connectivity index is 1.77. The van der Waals surface area contributed by atoms with Gasteiger partial charge >= 0.3 is 0 Å². The highest BCUT2D eigenvalue weighted by molar-refractivity contribution is 8.44. The Bertz CT molecular complexity index is 546. The molecule has 3 nitrogen and oxygen atoms in total. The summed E-state index contributed by atoms with van der Waals surface area (Å²) >= 11 is 15.1. The summed E-state index contributed by atoms with van der Waals surface area (Å²) in [7, 11) is 0. The zero-order valence-electron chi connectivity index (χ0n) is 14.9. The van der Waals surface area contributed by atoms with Crippen LogP contribution in [0, 0.1) is 0 Å². The largest absolute Gasteiger partial charge is 0.378 e. The fourth-order valence-corrected chi connectivity index (χ4v) is 12.4. The number of hydrogen-bond acceptors (Lipinski definition) is 11. The van der Waals surface area contributed by atoms with E-state index in [2.05, 4.69) is 18.8 Å². The standard InChI is InChI=1S/C15H23NO2S8/c1-19-10-11(20-2)24-14(23-10)15-25-12(21-3)13(26-15)22-9-8-18-7-6-17-5-4-16/h4-9,16H2,1-3H3. The maximum absolute atomic E-state index is 5.63. The van der Waals surface area contributed by atoms with Gasteiger partial charge in [-0.15, -0.1) is 47.0 Å². The van der Waals surface area contributed by atoms with Crippen molar-refractivity contribution in [2.45, 2.75) is 0 Å². The number of rotatable bonds is 12. The van der Waals surface area contributed by atoms with E-state index < -0.39 is 0 Å². The molecule has 0 amide bonds. The van der Waals surface area contributed by atoms with Crippen molar-refractivity contribution in [2.24, 2.45) is 5.73 Å². The van der Waals surface area contributed by atoms with Crippen LogP contribution in [0.1, 0.15) is 0 Å². The molecule has 0 saturated heterocycles. The van der Waals surface area contributed by atoms with Crippen LogP contribution in [0.2, 0.25) is 0 Å². The van der Waals surface area contributed by atoms with Crippen molar-refractivity contribution in [3.05, 3.63) is 25.4 Å². The molecule has 2 aliphatic rings. The lowest BCUT2D eigenvalue weighted by atomic mass is 10.7. The first-order chi connectivity index (χ1) is 12.7. The van der Waals surface area contributed by atoms with Crippen LogP contribution in [0.5, 0.6) is 0 Å². The van der Waals surface area contributed by atoms with Crippen molar-refractivity contribution < 1.29 is 9.47 Å². The monoisotopic (exact) mass is 505 g/mol. The van der Waals surface area contributed by atoms with E-state index in [9.17, 15) is 0 Å². The summed E-state index contributed by atoms with van der Waals surface area (Å²) in [4.78, 5) is 0. The number of thioether (sulfide) groups is 8. The first kappa shape index (κ1) is 24.2. The zero-order valence-corrected chi connectivity index (χ0v) is 21.4. The Hall–Kier alpha value is 1.90. The molecule has 0 saturated carbocycles. The zero-order chi connectivity index (χ0) is 18.8. The molecule has 0 atom stereocenters. The molecule has 26 heavy (non-hydrogen) atoms. The van der Waals surface area contributed by atoms with Crippen molar-refractivity contribution >= 4 is 94.1 Å². The van der Waals surface area contributed by atoms with Crippen molar-refractivity contribution in [1.82, 2.24) is 0 Å². The van der Waals surface area contributed by atoms with Crippen LogP contribution in [0.3, 0.4) is 0 Å². The molecule has 0 radical (unpaired) electrons. The van der Waals surface area contributed by atoms with Gasteiger partial charge in [-0.25, -0.2) is 0 Å². The molecule has 0 unspecified atom stereocenters. The smallest absolute Gasteiger partial charge is 0.0717 e. The van der Waals surface area contributed by atoms with Crippen LogP contribution in [0.4, 0.5) is 0 Å². The summed E-state index contributed by atoms with van der Waals surface area (Å²) < 4.78 is 19.5. The molecule has 0 spiro atoms. The molecule has 0 bridgehead atoms. The summed E-state index contributed by atoms with van der Waals surface area (Å²) in [6.07, 6.45) is 6.49. The van der Waals surface area contributed by atoms with Crippen molar-refractivity contribution in [1.29, 1.82) is 0 Å². The van der Waals surface area contributed by atoms with Crippen molar-refractivity contribution in [3.63, 3.8) is 0 Å². The fourth-order valence-electron chi connectivity index (χ4n) is 1.77. The second-order valence-corrected chi connectivity index (χ2v) is 13.8. The average Bonchev–Trinajstić information content (AvgIpc) is 3.27. The van der Waals surface area contributed by atoms with E-state index in [-0.39, 0.29) is 0 Å². The van der Waals surface area contributed by atoms with Gasteiger partial charge in [0.05, 0.1) is 51.9 Å². The Morgan fingerprint density at radius 2 is 1.15 bits per heavy atom. The van der Waals surface area contributed by atoms with Gasteiger partial charge in [-0.05, 0) is 18.8 Å². The van der Waals surface area contributed by atoms with E-state index in [1.54, 1.807) is 0 Å². The highest BCUT2D eigenvalue weighted by Gasteiger charge is 2.29. The van der Waals surface area contributed by atoms with Gasteiger partial charge < -0.3 is 15.2 Å². The third kappa shape index (κ3) is 7.62. The molecule has 0 fully saturated rings. The SMILES string of the molecule is CSC1=C(SC)SC(=C2SC(SC)=C(SCCOCCOCCN)S2)S1. The van der Waals surface area contributed by atoms with Crippen LogP contribution >= 0.6 is 94.1 Å². The van der Waals surface area contributed by atoms with E-state index in [1.807, 2.05) is 94.1 Å². The fraction of sp³-hybridized carbons (Fsp3) is 0.600. The Morgan fingerprint density at radius 3 is 1.65 bits per heavy atom. The molecule has 0 aromatic rings. The van der Waals surface area contributed by atoms with Crippen molar-refractivity contribution in [3.8, 4) is 0 Å². The van der Waals surface area contributed by atoms with E-state index in [1.165, 1.54) is 25.4 Å². The summed E-state index contributed by atoms with van der Waals surface area (Å²) in [6, 6.07) is 0. The van der Waals surface area contributed by atoms with Crippen molar-refractivity contribution in [2.75, 3.05) is 57.5 Å². The van der Waals surface area contributed by atoms with E-state index in [4.69, 9.17) is 15.2 Å². The molecule has 2 N–H and O–H groups in total. The predicted octanol–water partition coefficient (Wildman–Crippen LogP) is 6.14. The van der Waals surface area contributed by atoms with Gasteiger partial charge in [0, 0.05) is 12.3 Å². The van der Waals surface area contributed by atoms with Gasteiger partial charge in [0.1, 0.15) is 0 Å².